The molecule has 1 aliphatic heterocycles. The lowest BCUT2D eigenvalue weighted by Gasteiger charge is -2.31. The molecule has 6 nitrogen and oxygen atoms in total. The first-order chi connectivity index (χ1) is 10.5. The zero-order valence-corrected chi connectivity index (χ0v) is 13.6. The van der Waals surface area contributed by atoms with E-state index in [0.717, 1.165) is 0 Å². The predicted octanol–water partition coefficient (Wildman–Crippen LogP) is 2.30. The van der Waals surface area contributed by atoms with E-state index in [9.17, 15) is 14.4 Å². The molecule has 1 aromatic heterocycles. The number of thiophene rings is 1. The molecule has 1 fully saturated rings. The van der Waals surface area contributed by atoms with E-state index in [-0.39, 0.29) is 23.8 Å². The zero-order valence-electron chi connectivity index (χ0n) is 12.8. The minimum atomic E-state index is -0.295. The summed E-state index contributed by atoms with van der Waals surface area (Å²) < 4.78 is 4.96. The number of ether oxygens (including phenoxy) is 1. The van der Waals surface area contributed by atoms with Crippen LogP contribution in [0.3, 0.4) is 0 Å². The van der Waals surface area contributed by atoms with Crippen LogP contribution in [0.5, 0.6) is 0 Å². The molecule has 0 radical (unpaired) electrons. The van der Waals surface area contributed by atoms with Crippen LogP contribution in [0.25, 0.3) is 0 Å². The number of ketones is 1. The van der Waals surface area contributed by atoms with Crippen LogP contribution < -0.4 is 5.32 Å². The SMILES string of the molecule is CCOC(=O)N1CCC(NC(=O)c2csc(C(C)=O)c2)CC1. The normalized spacial score (nSPS) is 15.5. The minimum Gasteiger partial charge on any atom is -0.450 e. The smallest absolute Gasteiger partial charge is 0.409 e. The maximum absolute atomic E-state index is 12.1. The van der Waals surface area contributed by atoms with Crippen molar-refractivity contribution in [3.63, 3.8) is 0 Å². The molecule has 0 saturated carbocycles. The lowest BCUT2D eigenvalue weighted by molar-refractivity contribution is 0.0860. The molecule has 0 atom stereocenters. The number of nitrogens with one attached hydrogen (secondary N) is 1. The summed E-state index contributed by atoms with van der Waals surface area (Å²) >= 11 is 1.28. The Morgan fingerprint density at radius 3 is 2.59 bits per heavy atom. The fraction of sp³-hybridized carbons (Fsp3) is 0.533. The number of hydrogen-bond donors (Lipinski definition) is 1. The summed E-state index contributed by atoms with van der Waals surface area (Å²) in [5.74, 6) is -0.204. The number of rotatable bonds is 4. The Bertz CT molecular complexity index is 562. The molecule has 22 heavy (non-hydrogen) atoms. The van der Waals surface area contributed by atoms with Crippen molar-refractivity contribution in [2.24, 2.45) is 0 Å². The molecule has 7 heteroatoms. The standard InChI is InChI=1S/C15H20N2O4S/c1-3-21-15(20)17-6-4-12(5-7-17)16-14(19)11-8-13(10(2)18)22-9-11/h8-9,12H,3-7H2,1-2H3,(H,16,19). The summed E-state index contributed by atoms with van der Waals surface area (Å²) in [5.41, 5.74) is 0.517. The second-order valence-corrected chi connectivity index (χ2v) is 6.10. The fourth-order valence-electron chi connectivity index (χ4n) is 2.33. The van der Waals surface area contributed by atoms with Crippen LogP contribution in [0, 0.1) is 0 Å². The van der Waals surface area contributed by atoms with E-state index in [2.05, 4.69) is 5.32 Å². The molecular weight excluding hydrogens is 304 g/mol. The molecule has 0 aliphatic carbocycles. The molecule has 0 unspecified atom stereocenters. The molecule has 2 amide bonds. The topological polar surface area (TPSA) is 75.7 Å². The van der Waals surface area contributed by atoms with Gasteiger partial charge in [-0.3, -0.25) is 9.59 Å². The van der Waals surface area contributed by atoms with Gasteiger partial charge < -0.3 is 15.0 Å². The van der Waals surface area contributed by atoms with Crippen molar-refractivity contribution in [3.05, 3.63) is 21.9 Å². The third kappa shape index (κ3) is 4.07. The van der Waals surface area contributed by atoms with E-state index in [1.807, 2.05) is 0 Å². The third-order valence-electron chi connectivity index (χ3n) is 3.56. The summed E-state index contributed by atoms with van der Waals surface area (Å²) in [6.45, 7) is 4.78. The number of hydrogen-bond acceptors (Lipinski definition) is 5. The molecule has 0 spiro atoms. The summed E-state index contributed by atoms with van der Waals surface area (Å²) in [5, 5.41) is 4.65. The van der Waals surface area contributed by atoms with E-state index in [0.29, 0.717) is 43.0 Å². The van der Waals surface area contributed by atoms with Crippen molar-refractivity contribution in [2.75, 3.05) is 19.7 Å². The number of carbonyl (C=O) groups is 3. The molecule has 2 rings (SSSR count). The van der Waals surface area contributed by atoms with Gasteiger partial charge in [-0.05, 0) is 32.8 Å². The van der Waals surface area contributed by atoms with Crippen LogP contribution in [0.1, 0.15) is 46.7 Å². The van der Waals surface area contributed by atoms with Gasteiger partial charge in [0, 0.05) is 24.5 Å². The van der Waals surface area contributed by atoms with Crippen molar-refractivity contribution >= 4 is 29.1 Å². The van der Waals surface area contributed by atoms with Crippen LogP contribution in [0.15, 0.2) is 11.4 Å². The van der Waals surface area contributed by atoms with E-state index in [1.165, 1.54) is 18.3 Å². The number of Topliss-reactive ketones (excluding diaryl/α,β-unsaturated/α-hetero) is 1. The van der Waals surface area contributed by atoms with Gasteiger partial charge in [0.2, 0.25) is 0 Å². The first-order valence-electron chi connectivity index (χ1n) is 7.33. The number of piperidine rings is 1. The van der Waals surface area contributed by atoms with E-state index >= 15 is 0 Å². The molecule has 120 valence electrons. The van der Waals surface area contributed by atoms with Gasteiger partial charge in [0.15, 0.2) is 5.78 Å². The lowest BCUT2D eigenvalue weighted by Crippen LogP contribution is -2.46. The lowest BCUT2D eigenvalue weighted by atomic mass is 10.1. The number of nitrogens with zero attached hydrogens (tertiary/aromatic N) is 1. The largest absolute Gasteiger partial charge is 0.450 e. The quantitative estimate of drug-likeness (QED) is 0.862. The van der Waals surface area contributed by atoms with Crippen LogP contribution >= 0.6 is 11.3 Å². The number of amides is 2. The van der Waals surface area contributed by atoms with Gasteiger partial charge in [0.05, 0.1) is 17.0 Å². The fourth-order valence-corrected chi connectivity index (χ4v) is 3.12. The molecule has 1 N–H and O–H groups in total. The Balaban J connectivity index is 1.83. The highest BCUT2D eigenvalue weighted by Crippen LogP contribution is 2.17. The van der Waals surface area contributed by atoms with Crippen molar-refractivity contribution < 1.29 is 19.1 Å². The van der Waals surface area contributed by atoms with Gasteiger partial charge in [-0.1, -0.05) is 0 Å². The Kier molecular flexibility index (Phi) is 5.54. The van der Waals surface area contributed by atoms with Gasteiger partial charge in [0.25, 0.3) is 5.91 Å². The highest BCUT2D eigenvalue weighted by atomic mass is 32.1. The Labute approximate surface area is 133 Å². The molecule has 1 saturated heterocycles. The Morgan fingerprint density at radius 2 is 2.05 bits per heavy atom. The average Bonchev–Trinajstić information content (AvgIpc) is 2.98. The number of likely N-dealkylation sites (tertiary alicyclic amines) is 1. The van der Waals surface area contributed by atoms with Gasteiger partial charge in [0.1, 0.15) is 0 Å². The second kappa shape index (κ2) is 7.40. The highest BCUT2D eigenvalue weighted by molar-refractivity contribution is 7.12. The van der Waals surface area contributed by atoms with Gasteiger partial charge in [-0.2, -0.15) is 0 Å². The summed E-state index contributed by atoms with van der Waals surface area (Å²) in [4.78, 5) is 37.2. The number of carbonyl (C=O) groups excluding carboxylic acids is 3. The monoisotopic (exact) mass is 324 g/mol. The second-order valence-electron chi connectivity index (χ2n) is 5.19. The van der Waals surface area contributed by atoms with Crippen molar-refractivity contribution in [3.8, 4) is 0 Å². The maximum atomic E-state index is 12.1. The maximum Gasteiger partial charge on any atom is 0.409 e. The predicted molar refractivity (Wildman–Crippen MR) is 83.4 cm³/mol. The van der Waals surface area contributed by atoms with Crippen molar-refractivity contribution in [1.29, 1.82) is 0 Å². The Hall–Kier alpha value is -1.89. The van der Waals surface area contributed by atoms with Crippen LogP contribution in [-0.4, -0.2) is 48.4 Å². The summed E-state index contributed by atoms with van der Waals surface area (Å²) in [6, 6.07) is 1.66. The van der Waals surface area contributed by atoms with Gasteiger partial charge >= 0.3 is 6.09 Å². The first-order valence-corrected chi connectivity index (χ1v) is 8.21. The van der Waals surface area contributed by atoms with Gasteiger partial charge in [-0.15, -0.1) is 11.3 Å². The highest BCUT2D eigenvalue weighted by Gasteiger charge is 2.25. The summed E-state index contributed by atoms with van der Waals surface area (Å²) in [7, 11) is 0. The molecule has 1 aliphatic rings. The van der Waals surface area contributed by atoms with Gasteiger partial charge in [-0.25, -0.2) is 4.79 Å². The average molecular weight is 324 g/mol. The molecule has 0 aromatic carbocycles. The molecule has 0 bridgehead atoms. The van der Waals surface area contributed by atoms with Crippen molar-refractivity contribution in [1.82, 2.24) is 10.2 Å². The van der Waals surface area contributed by atoms with Crippen LogP contribution in [0.2, 0.25) is 0 Å². The van der Waals surface area contributed by atoms with E-state index in [4.69, 9.17) is 4.74 Å². The third-order valence-corrected chi connectivity index (χ3v) is 4.60. The Morgan fingerprint density at radius 1 is 1.36 bits per heavy atom. The van der Waals surface area contributed by atoms with Crippen molar-refractivity contribution in [2.45, 2.75) is 32.7 Å². The minimum absolute atomic E-state index is 0.0354. The van der Waals surface area contributed by atoms with E-state index in [1.54, 1.807) is 23.3 Å². The molecule has 2 heterocycles. The molecular formula is C15H20N2O4S. The first kappa shape index (κ1) is 16.5. The summed E-state index contributed by atoms with van der Waals surface area (Å²) in [6.07, 6.45) is 1.11. The zero-order chi connectivity index (χ0) is 16.1. The molecule has 1 aromatic rings. The van der Waals surface area contributed by atoms with Crippen LogP contribution in [-0.2, 0) is 4.74 Å². The van der Waals surface area contributed by atoms with Crippen LogP contribution in [0.4, 0.5) is 4.79 Å². The van der Waals surface area contributed by atoms with E-state index < -0.39 is 0 Å².